The fourth-order valence-electron chi connectivity index (χ4n) is 9.06. The van der Waals surface area contributed by atoms with Gasteiger partial charge < -0.3 is 34.4 Å². The number of likely N-dealkylation sites (tertiary alicyclic amines) is 1. The number of carbonyl (C=O) groups is 3. The summed E-state index contributed by atoms with van der Waals surface area (Å²) in [5.41, 5.74) is 4.63. The molecular weight excluding hydrogens is 793 g/mol. The van der Waals surface area contributed by atoms with E-state index in [4.69, 9.17) is 19.4 Å². The molecule has 63 heavy (non-hydrogen) atoms. The second-order valence-corrected chi connectivity index (χ2v) is 17.7. The third kappa shape index (κ3) is 14.3. The molecule has 0 radical (unpaired) electrons. The Balaban J connectivity index is 0.924. The van der Waals surface area contributed by atoms with E-state index >= 15 is 0 Å². The zero-order chi connectivity index (χ0) is 44.6. The van der Waals surface area contributed by atoms with Crippen LogP contribution in [0, 0.1) is 5.92 Å². The van der Waals surface area contributed by atoms with E-state index in [1.54, 1.807) is 6.07 Å². The Kier molecular flexibility index (Phi) is 18.7. The molecule has 1 aromatic heterocycles. The van der Waals surface area contributed by atoms with Crippen molar-refractivity contribution in [1.82, 2.24) is 25.1 Å². The number of unbranched alkanes of at least 4 members (excludes halogenated alkanes) is 3. The zero-order valence-electron chi connectivity index (χ0n) is 38.9. The number of nitrogens with one attached hydrogen (secondary N) is 1. The van der Waals surface area contributed by atoms with Crippen LogP contribution >= 0.6 is 0 Å². The lowest BCUT2D eigenvalue weighted by molar-refractivity contribution is 0.0804. The van der Waals surface area contributed by atoms with Crippen LogP contribution in [-0.2, 0) is 15.9 Å². The van der Waals surface area contributed by atoms with Crippen molar-refractivity contribution in [2.24, 2.45) is 5.92 Å². The molecule has 3 saturated heterocycles. The van der Waals surface area contributed by atoms with Crippen molar-refractivity contribution in [3.63, 3.8) is 0 Å². The summed E-state index contributed by atoms with van der Waals surface area (Å²) in [6.45, 7) is 24.0. The molecular formula is C50H74N8O5. The number of benzene rings is 2. The molecule has 1 amide bonds. The second-order valence-electron chi connectivity index (χ2n) is 17.7. The molecule has 3 fully saturated rings. The number of aromatic nitrogens is 2. The van der Waals surface area contributed by atoms with Crippen LogP contribution in [0.4, 0.5) is 17.2 Å². The zero-order valence-corrected chi connectivity index (χ0v) is 38.9. The first-order valence-electron chi connectivity index (χ1n) is 23.9. The van der Waals surface area contributed by atoms with Crippen LogP contribution in [0.3, 0.4) is 0 Å². The van der Waals surface area contributed by atoms with Gasteiger partial charge in [0.15, 0.2) is 11.6 Å². The number of nitrogens with zero attached hydrogens (tertiary/aromatic N) is 7. The number of rotatable bonds is 23. The number of amides is 1. The molecule has 2 aromatic carbocycles. The highest BCUT2D eigenvalue weighted by molar-refractivity contribution is 6.07. The number of hydrogen-bond donors (Lipinski definition) is 1. The number of morpholine rings is 1. The molecule has 0 bridgehead atoms. The van der Waals surface area contributed by atoms with Crippen molar-refractivity contribution in [3.05, 3.63) is 76.7 Å². The maximum absolute atomic E-state index is 13.4. The van der Waals surface area contributed by atoms with Gasteiger partial charge in [0, 0.05) is 113 Å². The SMILES string of the molecule is CCCCCCN(CC)c1cc(C(C)NC(=O)c2ccc(N3CCOCC3)cc2)nc(CCCOCCN2CCC(CN3CCN(c4ccc(C(C)=O)c(C(C)=O)c4)CC3)CC2)n1. The Hall–Kier alpha value is -4.43. The molecule has 3 aromatic rings. The summed E-state index contributed by atoms with van der Waals surface area (Å²) in [6.07, 6.45) is 8.72. The van der Waals surface area contributed by atoms with Gasteiger partial charge >= 0.3 is 0 Å². The Labute approximate surface area is 376 Å². The molecule has 1 N–H and O–H groups in total. The topological polar surface area (TPSA) is 124 Å². The fourth-order valence-corrected chi connectivity index (χ4v) is 9.06. The van der Waals surface area contributed by atoms with E-state index in [9.17, 15) is 14.4 Å². The summed E-state index contributed by atoms with van der Waals surface area (Å²) in [7, 11) is 0. The van der Waals surface area contributed by atoms with Crippen LogP contribution in [-0.4, -0.2) is 142 Å². The average Bonchev–Trinajstić information content (AvgIpc) is 3.31. The maximum Gasteiger partial charge on any atom is 0.251 e. The Bertz CT molecular complexity index is 1900. The number of piperidine rings is 1. The lowest BCUT2D eigenvalue weighted by Crippen LogP contribution is -2.49. The van der Waals surface area contributed by atoms with Crippen molar-refractivity contribution >= 4 is 34.7 Å². The summed E-state index contributed by atoms with van der Waals surface area (Å²) < 4.78 is 11.7. The van der Waals surface area contributed by atoms with E-state index in [2.05, 4.69) is 49.7 Å². The van der Waals surface area contributed by atoms with Gasteiger partial charge in [-0.1, -0.05) is 26.2 Å². The third-order valence-electron chi connectivity index (χ3n) is 13.0. The Morgan fingerprint density at radius 3 is 2.16 bits per heavy atom. The standard InChI is InChI=1S/C50H74N8O5/c1-6-8-9-10-21-56(7-2)49-36-47(38(3)51-50(61)42-13-15-43(16-14-42)58-29-33-63-34-30-58)52-48(53-49)12-11-31-62-32-28-54-22-19-41(20-23-54)37-55-24-26-57(27-25-55)44-17-18-45(39(4)59)46(35-44)40(5)60/h13-18,35-36,38,41H,6-12,19-34,37H2,1-5H3,(H,51,61). The van der Waals surface area contributed by atoms with E-state index in [1.165, 1.54) is 46.0 Å². The number of Topliss-reactive ketones (excluding diaryl/α,β-unsaturated/α-hetero) is 2. The maximum atomic E-state index is 13.4. The van der Waals surface area contributed by atoms with Crippen molar-refractivity contribution in [3.8, 4) is 0 Å². The van der Waals surface area contributed by atoms with E-state index in [1.807, 2.05) is 43.3 Å². The van der Waals surface area contributed by atoms with Crippen molar-refractivity contribution < 1.29 is 23.9 Å². The van der Waals surface area contributed by atoms with E-state index in [0.29, 0.717) is 35.6 Å². The first-order chi connectivity index (χ1) is 30.6. The molecule has 1 atom stereocenters. The van der Waals surface area contributed by atoms with Crippen LogP contribution in [0.1, 0.15) is 128 Å². The molecule has 3 aliphatic heterocycles. The van der Waals surface area contributed by atoms with E-state index in [0.717, 1.165) is 140 Å². The first kappa shape index (κ1) is 48.0. The number of aryl methyl sites for hydroxylation is 1. The third-order valence-corrected chi connectivity index (χ3v) is 13.0. The molecule has 3 aliphatic rings. The van der Waals surface area contributed by atoms with Crippen LogP contribution in [0.5, 0.6) is 0 Å². The number of hydrogen-bond acceptors (Lipinski definition) is 12. The normalized spacial score (nSPS) is 17.2. The molecule has 6 rings (SSSR count). The molecule has 13 nitrogen and oxygen atoms in total. The minimum atomic E-state index is -0.284. The van der Waals surface area contributed by atoms with E-state index in [-0.39, 0.29) is 23.5 Å². The highest BCUT2D eigenvalue weighted by Crippen LogP contribution is 2.25. The Morgan fingerprint density at radius 2 is 1.48 bits per heavy atom. The van der Waals surface area contributed by atoms with Crippen molar-refractivity contribution in [2.45, 2.75) is 92.0 Å². The quantitative estimate of drug-likeness (QED) is 0.0773. The van der Waals surface area contributed by atoms with E-state index < -0.39 is 0 Å². The van der Waals surface area contributed by atoms with Gasteiger partial charge in [0.2, 0.25) is 0 Å². The van der Waals surface area contributed by atoms with Gasteiger partial charge in [0.1, 0.15) is 11.6 Å². The van der Waals surface area contributed by atoms with Gasteiger partial charge in [-0.2, -0.15) is 0 Å². The first-order valence-corrected chi connectivity index (χ1v) is 23.9. The van der Waals surface area contributed by atoms with Crippen LogP contribution in [0.25, 0.3) is 0 Å². The summed E-state index contributed by atoms with van der Waals surface area (Å²) >= 11 is 0. The van der Waals surface area contributed by atoms with Crippen LogP contribution in [0.15, 0.2) is 48.5 Å². The fraction of sp³-hybridized carbons (Fsp3) is 0.620. The number of piperazine rings is 1. The van der Waals surface area contributed by atoms with Crippen LogP contribution < -0.4 is 20.0 Å². The number of ether oxygens (including phenoxy) is 2. The largest absolute Gasteiger partial charge is 0.380 e. The second kappa shape index (κ2) is 24.6. The minimum Gasteiger partial charge on any atom is -0.380 e. The molecule has 0 aliphatic carbocycles. The predicted octanol–water partition coefficient (Wildman–Crippen LogP) is 7.10. The van der Waals surface area contributed by atoms with Gasteiger partial charge in [-0.3, -0.25) is 19.3 Å². The van der Waals surface area contributed by atoms with Crippen molar-refractivity contribution in [2.75, 3.05) is 120 Å². The van der Waals surface area contributed by atoms with Gasteiger partial charge in [0.25, 0.3) is 5.91 Å². The Morgan fingerprint density at radius 1 is 0.778 bits per heavy atom. The summed E-state index contributed by atoms with van der Waals surface area (Å²) in [6, 6.07) is 15.3. The van der Waals surface area contributed by atoms with Gasteiger partial charge in [-0.05, 0) is 115 Å². The summed E-state index contributed by atoms with van der Waals surface area (Å²) in [5, 5.41) is 3.20. The highest BCUT2D eigenvalue weighted by atomic mass is 16.5. The molecule has 1 unspecified atom stereocenters. The van der Waals surface area contributed by atoms with Crippen LogP contribution in [0.2, 0.25) is 0 Å². The molecule has 0 saturated carbocycles. The smallest absolute Gasteiger partial charge is 0.251 e. The summed E-state index contributed by atoms with van der Waals surface area (Å²) in [4.78, 5) is 59.8. The minimum absolute atomic E-state index is 0.0650. The average molecular weight is 867 g/mol. The molecule has 4 heterocycles. The van der Waals surface area contributed by atoms with Gasteiger partial charge in [-0.25, -0.2) is 9.97 Å². The number of ketones is 2. The molecule has 344 valence electrons. The predicted molar refractivity (Wildman–Crippen MR) is 253 cm³/mol. The highest BCUT2D eigenvalue weighted by Gasteiger charge is 2.25. The lowest BCUT2D eigenvalue weighted by atomic mass is 9.96. The molecule has 0 spiro atoms. The number of carbonyl (C=O) groups excluding carboxylic acids is 3. The van der Waals surface area contributed by atoms with Gasteiger partial charge in [0.05, 0.1) is 31.6 Å². The lowest BCUT2D eigenvalue weighted by Gasteiger charge is -2.39. The summed E-state index contributed by atoms with van der Waals surface area (Å²) in [5.74, 6) is 2.18. The van der Waals surface area contributed by atoms with Gasteiger partial charge in [-0.15, -0.1) is 0 Å². The molecule has 13 heteroatoms. The monoisotopic (exact) mass is 867 g/mol. The number of anilines is 3. The van der Waals surface area contributed by atoms with Crippen molar-refractivity contribution in [1.29, 1.82) is 0 Å².